The quantitative estimate of drug-likeness (QED) is 0.884. The maximum atomic E-state index is 11.8. The van der Waals surface area contributed by atoms with Crippen LogP contribution in [0.4, 0.5) is 5.69 Å². The van der Waals surface area contributed by atoms with E-state index in [-0.39, 0.29) is 5.91 Å². The maximum absolute atomic E-state index is 11.8. The summed E-state index contributed by atoms with van der Waals surface area (Å²) in [6, 6.07) is 7.53. The minimum atomic E-state index is 0.0842. The van der Waals surface area contributed by atoms with Gasteiger partial charge in [0.25, 0.3) is 0 Å². The van der Waals surface area contributed by atoms with E-state index in [0.29, 0.717) is 5.02 Å². The van der Waals surface area contributed by atoms with Gasteiger partial charge in [-0.1, -0.05) is 17.7 Å². The molecule has 1 aromatic rings. The van der Waals surface area contributed by atoms with E-state index in [1.807, 2.05) is 29.2 Å². The minimum Gasteiger partial charge on any atom is -0.335 e. The molecule has 1 saturated heterocycles. The van der Waals surface area contributed by atoms with Crippen LogP contribution in [0.1, 0.15) is 32.6 Å². The molecule has 1 heterocycles. The highest BCUT2D eigenvalue weighted by Gasteiger charge is 2.15. The molecule has 1 amide bonds. The van der Waals surface area contributed by atoms with E-state index in [1.165, 1.54) is 32.4 Å². The summed E-state index contributed by atoms with van der Waals surface area (Å²) in [4.78, 5) is 15.3. The third-order valence-corrected chi connectivity index (χ3v) is 4.21. The molecule has 110 valence electrons. The van der Waals surface area contributed by atoms with Crippen molar-refractivity contribution in [3.05, 3.63) is 29.3 Å². The van der Waals surface area contributed by atoms with Crippen LogP contribution in [0.5, 0.6) is 0 Å². The number of halogens is 1. The number of nitrogens with zero attached hydrogens (tertiary/aromatic N) is 1. The number of anilines is 1. The first-order valence-electron chi connectivity index (χ1n) is 7.54. The van der Waals surface area contributed by atoms with Gasteiger partial charge in [-0.2, -0.15) is 0 Å². The molecule has 0 spiro atoms. The predicted molar refractivity (Wildman–Crippen MR) is 83.5 cm³/mol. The Bertz CT molecular complexity index is 444. The average Bonchev–Trinajstić information content (AvgIpc) is 2.44. The normalized spacial score (nSPS) is 16.1. The number of nitrogens with one attached hydrogen (secondary N) is 1. The molecule has 0 radical (unpaired) electrons. The first kappa shape index (κ1) is 15.3. The van der Waals surface area contributed by atoms with Crippen LogP contribution in [0.15, 0.2) is 24.3 Å². The average molecular weight is 296 g/mol. The van der Waals surface area contributed by atoms with Crippen molar-refractivity contribution in [1.29, 1.82) is 0 Å². The summed E-state index contributed by atoms with van der Waals surface area (Å²) in [5.41, 5.74) is 0.902. The number of quaternary nitrogens is 1. The monoisotopic (exact) mass is 295 g/mol. The zero-order valence-electron chi connectivity index (χ0n) is 12.2. The molecule has 0 bridgehead atoms. The van der Waals surface area contributed by atoms with Gasteiger partial charge >= 0.3 is 0 Å². The Hall–Kier alpha value is -1.06. The Morgan fingerprint density at radius 3 is 2.70 bits per heavy atom. The van der Waals surface area contributed by atoms with Gasteiger partial charge in [0, 0.05) is 30.6 Å². The highest BCUT2D eigenvalue weighted by molar-refractivity contribution is 6.30. The smallest absolute Gasteiger partial charge is 0.223 e. The summed E-state index contributed by atoms with van der Waals surface area (Å²) >= 11 is 6.01. The first-order chi connectivity index (χ1) is 9.66. The summed E-state index contributed by atoms with van der Waals surface area (Å²) in [6.07, 6.45) is 5.12. The lowest BCUT2D eigenvalue weighted by atomic mass is 10.1. The van der Waals surface area contributed by atoms with Gasteiger partial charge in [-0.3, -0.25) is 4.79 Å². The summed E-state index contributed by atoms with van der Waals surface area (Å²) in [6.45, 7) is 6.13. The van der Waals surface area contributed by atoms with Crippen molar-refractivity contribution in [2.45, 2.75) is 32.6 Å². The fourth-order valence-corrected chi connectivity index (χ4v) is 3.09. The Balaban J connectivity index is 1.88. The Morgan fingerprint density at radius 2 is 2.05 bits per heavy atom. The van der Waals surface area contributed by atoms with E-state index in [1.54, 1.807) is 11.8 Å². The zero-order chi connectivity index (χ0) is 14.4. The molecular formula is C16H24ClN2O+. The zero-order valence-corrected chi connectivity index (χ0v) is 13.0. The highest BCUT2D eigenvalue weighted by Crippen LogP contribution is 2.19. The molecule has 1 aliphatic heterocycles. The third kappa shape index (κ3) is 4.50. The second kappa shape index (κ2) is 7.65. The summed E-state index contributed by atoms with van der Waals surface area (Å²) in [7, 11) is 0. The SMILES string of the molecule is CC(=O)N(CCC[NH+]1CCCCC1)c1cccc(Cl)c1. The molecule has 3 nitrogen and oxygen atoms in total. The lowest BCUT2D eigenvalue weighted by Gasteiger charge is -2.26. The molecule has 1 aromatic carbocycles. The van der Waals surface area contributed by atoms with Crippen LogP contribution < -0.4 is 9.80 Å². The highest BCUT2D eigenvalue weighted by atomic mass is 35.5. The van der Waals surface area contributed by atoms with E-state index in [9.17, 15) is 4.79 Å². The fraction of sp³-hybridized carbons (Fsp3) is 0.562. The molecule has 1 aliphatic rings. The molecule has 20 heavy (non-hydrogen) atoms. The van der Waals surface area contributed by atoms with Crippen molar-refractivity contribution in [1.82, 2.24) is 0 Å². The Kier molecular flexibility index (Phi) is 5.86. The van der Waals surface area contributed by atoms with Crippen LogP contribution >= 0.6 is 11.6 Å². The van der Waals surface area contributed by atoms with Crippen molar-refractivity contribution in [3.8, 4) is 0 Å². The lowest BCUT2D eigenvalue weighted by molar-refractivity contribution is -0.904. The van der Waals surface area contributed by atoms with Crippen LogP contribution in [0.25, 0.3) is 0 Å². The molecule has 2 rings (SSSR count). The van der Waals surface area contributed by atoms with Crippen molar-refractivity contribution in [2.75, 3.05) is 31.1 Å². The van der Waals surface area contributed by atoms with Crippen LogP contribution in [-0.4, -0.2) is 32.1 Å². The van der Waals surface area contributed by atoms with Gasteiger partial charge in [0.05, 0.1) is 19.6 Å². The van der Waals surface area contributed by atoms with E-state index < -0.39 is 0 Å². The van der Waals surface area contributed by atoms with Gasteiger partial charge in [0.2, 0.25) is 5.91 Å². The molecule has 0 aliphatic carbocycles. The number of hydrogen-bond acceptors (Lipinski definition) is 1. The molecule has 0 aromatic heterocycles. The predicted octanol–water partition coefficient (Wildman–Crippen LogP) is 2.15. The van der Waals surface area contributed by atoms with Crippen molar-refractivity contribution in [2.24, 2.45) is 0 Å². The molecule has 0 saturated carbocycles. The van der Waals surface area contributed by atoms with Crippen molar-refractivity contribution < 1.29 is 9.69 Å². The van der Waals surface area contributed by atoms with Crippen LogP contribution in [0.3, 0.4) is 0 Å². The first-order valence-corrected chi connectivity index (χ1v) is 7.92. The number of rotatable bonds is 5. The summed E-state index contributed by atoms with van der Waals surface area (Å²) in [5.74, 6) is 0.0842. The number of piperidine rings is 1. The van der Waals surface area contributed by atoms with Crippen LogP contribution in [0.2, 0.25) is 5.02 Å². The van der Waals surface area contributed by atoms with E-state index in [4.69, 9.17) is 11.6 Å². The van der Waals surface area contributed by atoms with Gasteiger partial charge < -0.3 is 9.80 Å². The second-order valence-electron chi connectivity index (χ2n) is 5.56. The minimum absolute atomic E-state index is 0.0842. The summed E-state index contributed by atoms with van der Waals surface area (Å²) < 4.78 is 0. The Morgan fingerprint density at radius 1 is 1.30 bits per heavy atom. The lowest BCUT2D eigenvalue weighted by Crippen LogP contribution is -3.12. The van der Waals surface area contributed by atoms with Gasteiger partial charge in [0.15, 0.2) is 0 Å². The number of benzene rings is 1. The number of carbonyl (C=O) groups is 1. The van der Waals surface area contributed by atoms with Crippen molar-refractivity contribution >= 4 is 23.2 Å². The van der Waals surface area contributed by atoms with Crippen LogP contribution in [0, 0.1) is 0 Å². The molecule has 4 heteroatoms. The molecule has 0 unspecified atom stereocenters. The van der Waals surface area contributed by atoms with Gasteiger partial charge in [-0.15, -0.1) is 0 Å². The van der Waals surface area contributed by atoms with Crippen LogP contribution in [-0.2, 0) is 4.79 Å². The third-order valence-electron chi connectivity index (χ3n) is 3.97. The fourth-order valence-electron chi connectivity index (χ4n) is 2.90. The molecule has 0 atom stereocenters. The molecule has 1 fully saturated rings. The standard InChI is InChI=1S/C16H23ClN2O/c1-14(20)19(16-8-5-7-15(17)13-16)12-6-11-18-9-3-2-4-10-18/h5,7-8,13H,2-4,6,9-12H2,1H3/p+1. The van der Waals surface area contributed by atoms with Gasteiger partial charge in [0.1, 0.15) is 0 Å². The number of hydrogen-bond donors (Lipinski definition) is 1. The van der Waals surface area contributed by atoms with E-state index in [0.717, 1.165) is 25.2 Å². The van der Waals surface area contributed by atoms with Gasteiger partial charge in [-0.25, -0.2) is 0 Å². The second-order valence-corrected chi connectivity index (χ2v) is 6.00. The Labute approximate surface area is 126 Å². The summed E-state index contributed by atoms with van der Waals surface area (Å²) in [5, 5.41) is 0.676. The maximum Gasteiger partial charge on any atom is 0.223 e. The number of amides is 1. The number of likely N-dealkylation sites (tertiary alicyclic amines) is 1. The van der Waals surface area contributed by atoms with E-state index >= 15 is 0 Å². The molecular weight excluding hydrogens is 272 g/mol. The largest absolute Gasteiger partial charge is 0.335 e. The van der Waals surface area contributed by atoms with E-state index in [2.05, 4.69) is 0 Å². The van der Waals surface area contributed by atoms with Crippen molar-refractivity contribution in [3.63, 3.8) is 0 Å². The number of carbonyl (C=O) groups excluding carboxylic acids is 1. The van der Waals surface area contributed by atoms with Gasteiger partial charge in [-0.05, 0) is 37.5 Å². The molecule has 1 N–H and O–H groups in total. The topological polar surface area (TPSA) is 24.8 Å².